The predicted octanol–water partition coefficient (Wildman–Crippen LogP) is 7.79. The summed E-state index contributed by atoms with van der Waals surface area (Å²) in [5.74, 6) is 4.31. The molecule has 1 unspecified atom stereocenters. The fourth-order valence-electron chi connectivity index (χ4n) is 5.24. The molecule has 0 radical (unpaired) electrons. The van der Waals surface area contributed by atoms with E-state index in [1.54, 1.807) is 28.4 Å². The van der Waals surface area contributed by atoms with E-state index in [0.29, 0.717) is 23.5 Å². The van der Waals surface area contributed by atoms with Crippen LogP contribution in [0.5, 0.6) is 23.0 Å². The summed E-state index contributed by atoms with van der Waals surface area (Å²) < 4.78 is 21.1. The van der Waals surface area contributed by atoms with Gasteiger partial charge in [0, 0.05) is 34.1 Å². The molecule has 16 heteroatoms. The Balaban J connectivity index is 1.17. The van der Waals surface area contributed by atoms with Gasteiger partial charge in [0.25, 0.3) is 0 Å². The molecule has 16 nitrogen and oxygen atoms in total. The maximum atomic E-state index is 6.41. The topological polar surface area (TPSA) is 199 Å². The molecule has 6 rings (SSSR count). The quantitative estimate of drug-likeness (QED) is 0.0395. The molecule has 1 aromatic heterocycles. The van der Waals surface area contributed by atoms with Gasteiger partial charge in [-0.15, -0.1) is 0 Å². The van der Waals surface area contributed by atoms with Crippen LogP contribution >= 0.6 is 0 Å². The lowest BCUT2D eigenvalue weighted by Gasteiger charge is -2.15. The van der Waals surface area contributed by atoms with Crippen molar-refractivity contribution >= 4 is 63.9 Å². The Labute approximate surface area is 330 Å². The molecule has 0 spiro atoms. The first-order chi connectivity index (χ1) is 27.8. The molecular formula is C41H44N12O4. The van der Waals surface area contributed by atoms with Crippen molar-refractivity contribution in [3.8, 4) is 23.0 Å². The predicted molar refractivity (Wildman–Crippen MR) is 227 cm³/mol. The van der Waals surface area contributed by atoms with Crippen molar-refractivity contribution in [1.82, 2.24) is 15.0 Å². The number of nitrogens with two attached hydrogens (primary N) is 1. The van der Waals surface area contributed by atoms with Crippen LogP contribution in [0.1, 0.15) is 6.92 Å². The minimum absolute atomic E-state index is 0.119. The summed E-state index contributed by atoms with van der Waals surface area (Å²) in [7, 11) is 6.48. The average Bonchev–Trinajstić information content (AvgIpc) is 3.22. The number of rotatable bonds is 15. The lowest BCUT2D eigenvalue weighted by Crippen LogP contribution is -2.27. The maximum Gasteiger partial charge on any atom is 0.233 e. The van der Waals surface area contributed by atoms with Gasteiger partial charge >= 0.3 is 0 Å². The molecule has 6 aromatic rings. The Morgan fingerprint density at radius 2 is 0.789 bits per heavy atom. The normalized spacial score (nSPS) is 11.8. The Hall–Kier alpha value is -7.75. The van der Waals surface area contributed by atoms with Crippen molar-refractivity contribution in [2.45, 2.75) is 13.1 Å². The average molecular weight is 769 g/mol. The van der Waals surface area contributed by atoms with Gasteiger partial charge in [-0.25, -0.2) is 4.99 Å². The van der Waals surface area contributed by atoms with E-state index in [9.17, 15) is 0 Å². The number of anilines is 9. The van der Waals surface area contributed by atoms with E-state index in [0.717, 1.165) is 51.4 Å². The first kappa shape index (κ1) is 39.0. The third-order valence-electron chi connectivity index (χ3n) is 8.10. The van der Waals surface area contributed by atoms with E-state index in [4.69, 9.17) is 29.7 Å². The van der Waals surface area contributed by atoms with Crippen molar-refractivity contribution in [1.29, 1.82) is 0 Å². The second kappa shape index (κ2) is 19.0. The zero-order chi connectivity index (χ0) is 40.0. The largest absolute Gasteiger partial charge is 0.497 e. The first-order valence-electron chi connectivity index (χ1n) is 17.7. The van der Waals surface area contributed by atoms with Crippen molar-refractivity contribution in [3.05, 3.63) is 121 Å². The number of aromatic nitrogens is 3. The van der Waals surface area contributed by atoms with Gasteiger partial charge in [0.1, 0.15) is 29.2 Å². The van der Waals surface area contributed by atoms with Crippen molar-refractivity contribution in [2.24, 2.45) is 15.7 Å². The summed E-state index contributed by atoms with van der Waals surface area (Å²) in [5.41, 5.74) is 11.0. The fraction of sp³-hybridized carbons (Fsp3) is 0.146. The molecule has 0 bridgehead atoms. The highest BCUT2D eigenvalue weighted by molar-refractivity contribution is 6.05. The second-order valence-corrected chi connectivity index (χ2v) is 12.2. The molecule has 5 aromatic carbocycles. The molecule has 1 atom stereocenters. The van der Waals surface area contributed by atoms with Gasteiger partial charge in [0.2, 0.25) is 29.8 Å². The molecule has 1 heterocycles. The van der Waals surface area contributed by atoms with Gasteiger partial charge in [0.15, 0.2) is 0 Å². The number of aliphatic imine (C=N–C) groups is 2. The number of methoxy groups -OCH3 is 4. The van der Waals surface area contributed by atoms with Crippen LogP contribution in [0.4, 0.5) is 52.0 Å². The molecule has 0 amide bonds. The van der Waals surface area contributed by atoms with Gasteiger partial charge < -0.3 is 56.6 Å². The number of hydrogen-bond acceptors (Lipinski definition) is 12. The minimum Gasteiger partial charge on any atom is -0.497 e. The Morgan fingerprint density at radius 3 is 1.18 bits per heavy atom. The molecule has 57 heavy (non-hydrogen) atoms. The van der Waals surface area contributed by atoms with Crippen LogP contribution in [-0.4, -0.2) is 61.5 Å². The van der Waals surface area contributed by atoms with E-state index in [1.165, 1.54) is 0 Å². The number of guanidine groups is 2. The molecular weight excluding hydrogens is 725 g/mol. The fourth-order valence-corrected chi connectivity index (χ4v) is 5.24. The van der Waals surface area contributed by atoms with Crippen LogP contribution in [0.3, 0.4) is 0 Å². The van der Waals surface area contributed by atoms with Crippen LogP contribution in [0.15, 0.2) is 131 Å². The minimum atomic E-state index is -0.365. The number of nitrogens with zero attached hydrogens (tertiary/aromatic N) is 5. The lowest BCUT2D eigenvalue weighted by atomic mass is 10.3. The van der Waals surface area contributed by atoms with Gasteiger partial charge in [-0.1, -0.05) is 0 Å². The Bertz CT molecular complexity index is 2180. The number of ether oxygens (including phenoxy) is 4. The molecule has 0 saturated carbocycles. The molecule has 0 fully saturated rings. The highest BCUT2D eigenvalue weighted by Gasteiger charge is 2.11. The van der Waals surface area contributed by atoms with Gasteiger partial charge in [-0.3, -0.25) is 0 Å². The third-order valence-corrected chi connectivity index (χ3v) is 8.10. The molecule has 292 valence electrons. The molecule has 0 aliphatic carbocycles. The monoisotopic (exact) mass is 768 g/mol. The van der Waals surface area contributed by atoms with Crippen LogP contribution in [-0.2, 0) is 0 Å². The smallest absolute Gasteiger partial charge is 0.233 e. The van der Waals surface area contributed by atoms with E-state index < -0.39 is 0 Å². The third kappa shape index (κ3) is 11.6. The van der Waals surface area contributed by atoms with Crippen molar-refractivity contribution in [3.63, 3.8) is 0 Å². The number of benzene rings is 5. The Morgan fingerprint density at radius 1 is 0.474 bits per heavy atom. The highest BCUT2D eigenvalue weighted by atomic mass is 16.5. The summed E-state index contributed by atoms with van der Waals surface area (Å²) in [6.45, 7) is 1.91. The van der Waals surface area contributed by atoms with Crippen LogP contribution in [0.2, 0.25) is 0 Å². The zero-order valence-electron chi connectivity index (χ0n) is 32.1. The molecule has 8 N–H and O–H groups in total. The molecule has 0 aliphatic heterocycles. The van der Waals surface area contributed by atoms with Crippen LogP contribution in [0, 0.1) is 0 Å². The Kier molecular flexibility index (Phi) is 13.0. The van der Waals surface area contributed by atoms with E-state index in [-0.39, 0.29) is 18.1 Å². The summed E-state index contributed by atoms with van der Waals surface area (Å²) in [4.78, 5) is 23.1. The van der Waals surface area contributed by atoms with Gasteiger partial charge in [0.05, 0.1) is 28.4 Å². The van der Waals surface area contributed by atoms with E-state index >= 15 is 0 Å². The summed E-state index contributed by atoms with van der Waals surface area (Å²) >= 11 is 0. The van der Waals surface area contributed by atoms with Crippen LogP contribution < -0.4 is 56.6 Å². The number of nitrogens with one attached hydrogen (secondary N) is 6. The van der Waals surface area contributed by atoms with E-state index in [1.807, 2.05) is 128 Å². The number of hydrogen-bond donors (Lipinski definition) is 7. The maximum absolute atomic E-state index is 6.41. The van der Waals surface area contributed by atoms with Crippen molar-refractivity contribution < 1.29 is 18.9 Å². The molecule has 0 saturated heterocycles. The molecule has 0 aliphatic rings. The lowest BCUT2D eigenvalue weighted by molar-refractivity contribution is 0.415. The highest BCUT2D eigenvalue weighted by Crippen LogP contribution is 2.24. The summed E-state index contributed by atoms with van der Waals surface area (Å²) in [5, 5.41) is 19.5. The van der Waals surface area contributed by atoms with Crippen molar-refractivity contribution in [2.75, 3.05) is 60.3 Å². The van der Waals surface area contributed by atoms with Gasteiger partial charge in [-0.05, 0) is 128 Å². The standard InChI is InChI=1S/C41H44N12O4/c1-26(43-27-10-18-33(54-2)19-11-27)44-38(46-30-12-20-34(55-3)21-13-30)50-37(42)45-28-6-8-29(9-7-28)47-39-51-40(48-31-14-22-35(56-4)23-15-31)53-41(52-39)49-32-16-24-36(57-5)25-17-32/h6-26,43H,1-5H3,(H4,42,44,45,46,50)(H3,47,48,49,51,52,53). The van der Waals surface area contributed by atoms with E-state index in [2.05, 4.69) is 51.8 Å². The first-order valence-corrected chi connectivity index (χ1v) is 17.7. The zero-order valence-corrected chi connectivity index (χ0v) is 32.1. The second-order valence-electron chi connectivity index (χ2n) is 12.2. The SMILES string of the molecule is COc1ccc(NC(N=C(N)Nc2ccc(Nc3nc(Nc4ccc(OC)cc4)nc(Nc4ccc(OC)cc4)n3)cc2)=NC(C)Nc2ccc(OC)cc2)cc1. The summed E-state index contributed by atoms with van der Waals surface area (Å²) in [6.07, 6.45) is -0.365. The van der Waals surface area contributed by atoms with Crippen LogP contribution in [0.25, 0.3) is 0 Å². The van der Waals surface area contributed by atoms with Gasteiger partial charge in [-0.2, -0.15) is 19.9 Å². The summed E-state index contributed by atoms with van der Waals surface area (Å²) in [6, 6.07) is 37.3.